The molecule has 0 saturated carbocycles. The van der Waals surface area contributed by atoms with Crippen LogP contribution in [0.4, 0.5) is 11.4 Å². The molecule has 0 spiro atoms. The van der Waals surface area contributed by atoms with E-state index in [1.807, 2.05) is 36.4 Å². The van der Waals surface area contributed by atoms with Gasteiger partial charge in [-0.2, -0.15) is 0 Å². The number of nitrogens with one attached hydrogen (secondary N) is 1. The van der Waals surface area contributed by atoms with Gasteiger partial charge in [0.1, 0.15) is 0 Å². The average Bonchev–Trinajstić information content (AvgIpc) is 3.10. The molecule has 0 unspecified atom stereocenters. The molecular weight excluding hydrogens is 284 g/mol. The van der Waals surface area contributed by atoms with E-state index in [-0.39, 0.29) is 5.91 Å². The number of hydrogen-bond acceptors (Lipinski definition) is 2. The van der Waals surface area contributed by atoms with Gasteiger partial charge >= 0.3 is 0 Å². The van der Waals surface area contributed by atoms with E-state index < -0.39 is 0 Å². The van der Waals surface area contributed by atoms with E-state index in [1.54, 1.807) is 0 Å². The normalized spacial score (nSPS) is 14.3. The monoisotopic (exact) mass is 308 g/mol. The molecule has 0 bridgehead atoms. The van der Waals surface area contributed by atoms with E-state index in [4.69, 9.17) is 0 Å². The lowest BCUT2D eigenvalue weighted by Crippen LogP contribution is -2.18. The zero-order valence-electron chi connectivity index (χ0n) is 13.9. The minimum absolute atomic E-state index is 0.0566. The first-order valence-corrected chi connectivity index (χ1v) is 8.40. The van der Waals surface area contributed by atoms with E-state index in [1.165, 1.54) is 24.1 Å². The second kappa shape index (κ2) is 6.86. The van der Waals surface area contributed by atoms with Crippen molar-refractivity contribution in [1.82, 2.24) is 0 Å². The quantitative estimate of drug-likeness (QED) is 0.890. The highest BCUT2D eigenvalue weighted by Gasteiger charge is 2.13. The molecular formula is C20H24N2O. The summed E-state index contributed by atoms with van der Waals surface area (Å²) >= 11 is 0. The molecule has 1 amide bonds. The maximum atomic E-state index is 12.4. The van der Waals surface area contributed by atoms with Crippen LogP contribution in [0.25, 0.3) is 0 Å². The van der Waals surface area contributed by atoms with Crippen LogP contribution in [-0.4, -0.2) is 19.0 Å². The van der Waals surface area contributed by atoms with Gasteiger partial charge in [-0.3, -0.25) is 4.79 Å². The van der Waals surface area contributed by atoms with Crippen molar-refractivity contribution < 1.29 is 4.79 Å². The lowest BCUT2D eigenvalue weighted by atomic mass is 10.0. The van der Waals surface area contributed by atoms with Crippen LogP contribution in [0.5, 0.6) is 0 Å². The largest absolute Gasteiger partial charge is 0.371 e. The second-order valence-corrected chi connectivity index (χ2v) is 6.48. The van der Waals surface area contributed by atoms with E-state index in [2.05, 4.69) is 36.2 Å². The summed E-state index contributed by atoms with van der Waals surface area (Å²) in [5.41, 5.74) is 3.99. The molecule has 1 heterocycles. The summed E-state index contributed by atoms with van der Waals surface area (Å²) < 4.78 is 0. The van der Waals surface area contributed by atoms with Crippen LogP contribution in [0.3, 0.4) is 0 Å². The first-order valence-electron chi connectivity index (χ1n) is 8.40. The summed E-state index contributed by atoms with van der Waals surface area (Å²) in [6, 6.07) is 16.0. The zero-order valence-corrected chi connectivity index (χ0v) is 13.9. The Labute approximate surface area is 138 Å². The van der Waals surface area contributed by atoms with Gasteiger partial charge in [-0.25, -0.2) is 0 Å². The highest BCUT2D eigenvalue weighted by Crippen LogP contribution is 2.24. The van der Waals surface area contributed by atoms with Crippen LogP contribution in [0, 0.1) is 0 Å². The van der Waals surface area contributed by atoms with Gasteiger partial charge in [0.25, 0.3) is 5.91 Å². The molecule has 0 aromatic heterocycles. The van der Waals surface area contributed by atoms with Gasteiger partial charge in [0.15, 0.2) is 0 Å². The molecule has 1 aliphatic heterocycles. The van der Waals surface area contributed by atoms with Crippen LogP contribution >= 0.6 is 0 Å². The Morgan fingerprint density at radius 1 is 1.04 bits per heavy atom. The molecule has 0 radical (unpaired) electrons. The van der Waals surface area contributed by atoms with Gasteiger partial charge in [-0.05, 0) is 54.7 Å². The van der Waals surface area contributed by atoms with Crippen molar-refractivity contribution in [2.24, 2.45) is 0 Å². The van der Waals surface area contributed by atoms with Crippen molar-refractivity contribution in [3.63, 3.8) is 0 Å². The third-order valence-electron chi connectivity index (χ3n) is 4.41. The third kappa shape index (κ3) is 3.73. The van der Waals surface area contributed by atoms with Gasteiger partial charge in [0, 0.05) is 30.0 Å². The molecule has 2 aromatic rings. The topological polar surface area (TPSA) is 32.3 Å². The maximum absolute atomic E-state index is 12.4. The fourth-order valence-electron chi connectivity index (χ4n) is 2.98. The SMILES string of the molecule is CC(C)c1ccc(C(=O)Nc2cccc(N3CCCC3)c2)cc1. The van der Waals surface area contributed by atoms with Crippen LogP contribution in [-0.2, 0) is 0 Å². The van der Waals surface area contributed by atoms with Crippen LogP contribution in [0.1, 0.15) is 48.5 Å². The summed E-state index contributed by atoms with van der Waals surface area (Å²) in [6.07, 6.45) is 2.50. The minimum Gasteiger partial charge on any atom is -0.371 e. The lowest BCUT2D eigenvalue weighted by molar-refractivity contribution is 0.102. The summed E-state index contributed by atoms with van der Waals surface area (Å²) in [6.45, 7) is 6.51. The molecule has 3 rings (SSSR count). The number of anilines is 2. The molecule has 3 heteroatoms. The molecule has 1 saturated heterocycles. The summed E-state index contributed by atoms with van der Waals surface area (Å²) in [5, 5.41) is 3.01. The molecule has 1 N–H and O–H groups in total. The number of hydrogen-bond donors (Lipinski definition) is 1. The Hall–Kier alpha value is -2.29. The van der Waals surface area contributed by atoms with Gasteiger partial charge < -0.3 is 10.2 Å². The van der Waals surface area contributed by atoms with Crippen molar-refractivity contribution in [1.29, 1.82) is 0 Å². The molecule has 3 nitrogen and oxygen atoms in total. The number of rotatable bonds is 4. The highest BCUT2D eigenvalue weighted by atomic mass is 16.1. The Morgan fingerprint density at radius 3 is 2.39 bits per heavy atom. The van der Waals surface area contributed by atoms with Gasteiger partial charge in [0.05, 0.1) is 0 Å². The fourth-order valence-corrected chi connectivity index (χ4v) is 2.98. The first-order chi connectivity index (χ1) is 11.1. The number of amides is 1. The number of benzene rings is 2. The van der Waals surface area contributed by atoms with Crippen LogP contribution in [0.15, 0.2) is 48.5 Å². The van der Waals surface area contributed by atoms with Crippen molar-refractivity contribution in [2.75, 3.05) is 23.3 Å². The Kier molecular flexibility index (Phi) is 4.65. The lowest BCUT2D eigenvalue weighted by Gasteiger charge is -2.18. The molecule has 0 atom stereocenters. The Balaban J connectivity index is 1.71. The third-order valence-corrected chi connectivity index (χ3v) is 4.41. The van der Waals surface area contributed by atoms with Crippen LogP contribution < -0.4 is 10.2 Å². The number of nitrogens with zero attached hydrogens (tertiary/aromatic N) is 1. The molecule has 0 aliphatic carbocycles. The van der Waals surface area contributed by atoms with Crippen molar-refractivity contribution in [3.05, 3.63) is 59.7 Å². The predicted octanol–water partition coefficient (Wildman–Crippen LogP) is 4.66. The smallest absolute Gasteiger partial charge is 0.255 e. The van der Waals surface area contributed by atoms with Gasteiger partial charge in [-0.15, -0.1) is 0 Å². The van der Waals surface area contributed by atoms with Crippen LogP contribution in [0.2, 0.25) is 0 Å². The van der Waals surface area contributed by atoms with E-state index in [0.29, 0.717) is 11.5 Å². The Morgan fingerprint density at radius 2 is 1.74 bits per heavy atom. The van der Waals surface area contributed by atoms with Crippen molar-refractivity contribution >= 4 is 17.3 Å². The summed E-state index contributed by atoms with van der Waals surface area (Å²) in [4.78, 5) is 14.8. The molecule has 23 heavy (non-hydrogen) atoms. The molecule has 1 fully saturated rings. The summed E-state index contributed by atoms with van der Waals surface area (Å²) in [7, 11) is 0. The van der Waals surface area contributed by atoms with E-state index >= 15 is 0 Å². The Bertz CT molecular complexity index is 670. The number of carbonyl (C=O) groups is 1. The van der Waals surface area contributed by atoms with Gasteiger partial charge in [0.2, 0.25) is 0 Å². The second-order valence-electron chi connectivity index (χ2n) is 6.48. The van der Waals surface area contributed by atoms with Crippen molar-refractivity contribution in [3.8, 4) is 0 Å². The molecule has 2 aromatic carbocycles. The van der Waals surface area contributed by atoms with E-state index in [0.717, 1.165) is 18.8 Å². The average molecular weight is 308 g/mol. The number of carbonyl (C=O) groups excluding carboxylic acids is 1. The highest BCUT2D eigenvalue weighted by molar-refractivity contribution is 6.04. The summed E-state index contributed by atoms with van der Waals surface area (Å²) in [5.74, 6) is 0.420. The van der Waals surface area contributed by atoms with Crippen molar-refractivity contribution in [2.45, 2.75) is 32.6 Å². The standard InChI is InChI=1S/C20H24N2O/c1-15(2)16-8-10-17(11-9-16)20(23)21-18-6-5-7-19(14-18)22-12-3-4-13-22/h5-11,14-15H,3-4,12-13H2,1-2H3,(H,21,23). The first kappa shape index (κ1) is 15.6. The fraction of sp³-hybridized carbons (Fsp3) is 0.350. The van der Waals surface area contributed by atoms with E-state index in [9.17, 15) is 4.79 Å². The predicted molar refractivity (Wildman–Crippen MR) is 96.4 cm³/mol. The minimum atomic E-state index is -0.0566. The molecule has 1 aliphatic rings. The van der Waals surface area contributed by atoms with Gasteiger partial charge in [-0.1, -0.05) is 32.0 Å². The molecule has 120 valence electrons. The maximum Gasteiger partial charge on any atom is 0.255 e. The zero-order chi connectivity index (χ0) is 16.2.